The molecule has 1 heterocycles. The Morgan fingerprint density at radius 3 is 2.16 bits per heavy atom. The summed E-state index contributed by atoms with van der Waals surface area (Å²) in [6.45, 7) is 7.12. The standard InChI is InChI=1S/C23H23BrF3NO3/c1-14-19(13-20(29)30-22(2,3)4)21(15-5-7-16(8-6-15)23(25,26)27)28(31-14)18-11-9-17(24)10-12-18/h5-12,14H,13H2,1-4H3/t14-/m1/s1. The first-order valence-electron chi connectivity index (χ1n) is 9.70. The number of esters is 1. The summed E-state index contributed by atoms with van der Waals surface area (Å²) in [6.07, 6.45) is -4.94. The molecule has 0 radical (unpaired) electrons. The first-order chi connectivity index (χ1) is 14.3. The average molecular weight is 498 g/mol. The third-order valence-corrected chi connectivity index (χ3v) is 5.09. The number of halogens is 4. The van der Waals surface area contributed by atoms with Gasteiger partial charge in [0.1, 0.15) is 11.7 Å². The highest BCUT2D eigenvalue weighted by molar-refractivity contribution is 9.10. The van der Waals surface area contributed by atoms with E-state index in [1.165, 1.54) is 12.1 Å². The molecule has 166 valence electrons. The quantitative estimate of drug-likeness (QED) is 0.437. The van der Waals surface area contributed by atoms with Crippen LogP contribution in [-0.4, -0.2) is 17.7 Å². The highest BCUT2D eigenvalue weighted by atomic mass is 79.9. The summed E-state index contributed by atoms with van der Waals surface area (Å²) in [5.41, 5.74) is 0.974. The molecular formula is C23H23BrF3NO3. The van der Waals surface area contributed by atoms with E-state index in [1.807, 2.05) is 24.3 Å². The van der Waals surface area contributed by atoms with Crippen LogP contribution in [0.4, 0.5) is 18.9 Å². The normalized spacial score (nSPS) is 17.3. The number of ether oxygens (including phenoxy) is 1. The fourth-order valence-corrected chi connectivity index (χ4v) is 3.51. The zero-order valence-corrected chi connectivity index (χ0v) is 19.2. The Bertz CT molecular complexity index is 977. The smallest absolute Gasteiger partial charge is 0.416 e. The minimum atomic E-state index is -4.43. The van der Waals surface area contributed by atoms with Gasteiger partial charge in [0.2, 0.25) is 0 Å². The molecule has 0 fully saturated rings. The van der Waals surface area contributed by atoms with E-state index in [4.69, 9.17) is 9.57 Å². The number of nitrogens with zero attached hydrogens (tertiary/aromatic N) is 1. The molecular weight excluding hydrogens is 475 g/mol. The lowest BCUT2D eigenvalue weighted by Crippen LogP contribution is -2.24. The van der Waals surface area contributed by atoms with E-state index in [0.29, 0.717) is 22.5 Å². The maximum Gasteiger partial charge on any atom is 0.416 e. The Kier molecular flexibility index (Phi) is 6.53. The molecule has 1 aliphatic rings. The predicted molar refractivity (Wildman–Crippen MR) is 116 cm³/mol. The van der Waals surface area contributed by atoms with E-state index in [2.05, 4.69) is 15.9 Å². The molecule has 0 saturated heterocycles. The van der Waals surface area contributed by atoms with Crippen LogP contribution >= 0.6 is 15.9 Å². The van der Waals surface area contributed by atoms with Gasteiger partial charge in [-0.15, -0.1) is 0 Å². The monoisotopic (exact) mass is 497 g/mol. The fourth-order valence-electron chi connectivity index (χ4n) is 3.24. The summed E-state index contributed by atoms with van der Waals surface area (Å²) >= 11 is 3.39. The molecule has 2 aromatic rings. The second kappa shape index (κ2) is 8.67. The van der Waals surface area contributed by atoms with Crippen molar-refractivity contribution in [1.82, 2.24) is 0 Å². The molecule has 8 heteroatoms. The fraction of sp³-hybridized carbons (Fsp3) is 0.348. The lowest BCUT2D eigenvalue weighted by Gasteiger charge is -2.22. The second-order valence-electron chi connectivity index (χ2n) is 8.23. The first-order valence-corrected chi connectivity index (χ1v) is 10.5. The molecule has 3 rings (SSSR count). The van der Waals surface area contributed by atoms with Gasteiger partial charge in [-0.3, -0.25) is 9.63 Å². The van der Waals surface area contributed by atoms with Gasteiger partial charge in [-0.1, -0.05) is 28.1 Å². The van der Waals surface area contributed by atoms with Crippen molar-refractivity contribution in [2.45, 2.75) is 52.0 Å². The number of hydrogen-bond acceptors (Lipinski definition) is 4. The topological polar surface area (TPSA) is 38.8 Å². The van der Waals surface area contributed by atoms with Crippen LogP contribution in [0.3, 0.4) is 0 Å². The predicted octanol–water partition coefficient (Wildman–Crippen LogP) is 6.75. The molecule has 1 aliphatic heterocycles. The Labute approximate surface area is 187 Å². The summed E-state index contributed by atoms with van der Waals surface area (Å²) < 4.78 is 45.4. The van der Waals surface area contributed by atoms with E-state index < -0.39 is 29.4 Å². The van der Waals surface area contributed by atoms with Crippen molar-refractivity contribution in [3.05, 3.63) is 69.7 Å². The number of anilines is 1. The summed E-state index contributed by atoms with van der Waals surface area (Å²) in [5.74, 6) is -0.431. The van der Waals surface area contributed by atoms with Crippen LogP contribution in [0.15, 0.2) is 58.6 Å². The number of carbonyl (C=O) groups excluding carboxylic acids is 1. The Balaban J connectivity index is 2.06. The van der Waals surface area contributed by atoms with Gasteiger partial charge in [-0.2, -0.15) is 13.2 Å². The molecule has 31 heavy (non-hydrogen) atoms. The van der Waals surface area contributed by atoms with E-state index in [-0.39, 0.29) is 6.42 Å². The molecule has 1 atom stereocenters. The molecule has 0 unspecified atom stereocenters. The lowest BCUT2D eigenvalue weighted by atomic mass is 9.99. The summed E-state index contributed by atoms with van der Waals surface area (Å²) in [4.78, 5) is 18.5. The Morgan fingerprint density at radius 2 is 1.65 bits per heavy atom. The molecule has 0 N–H and O–H groups in total. The first kappa shape index (κ1) is 23.3. The number of rotatable bonds is 4. The van der Waals surface area contributed by atoms with Gasteiger partial charge < -0.3 is 4.74 Å². The maximum absolute atomic E-state index is 13.0. The molecule has 0 bridgehead atoms. The van der Waals surface area contributed by atoms with Crippen molar-refractivity contribution in [2.24, 2.45) is 0 Å². The lowest BCUT2D eigenvalue weighted by molar-refractivity contribution is -0.154. The van der Waals surface area contributed by atoms with Crippen LogP contribution in [0.1, 0.15) is 45.2 Å². The van der Waals surface area contributed by atoms with Crippen molar-refractivity contribution in [1.29, 1.82) is 0 Å². The highest BCUT2D eigenvalue weighted by Crippen LogP contribution is 2.40. The van der Waals surface area contributed by atoms with Crippen molar-refractivity contribution < 1.29 is 27.5 Å². The molecule has 0 spiro atoms. The number of hydrogen-bond donors (Lipinski definition) is 0. The zero-order valence-electron chi connectivity index (χ0n) is 17.6. The van der Waals surface area contributed by atoms with Crippen molar-refractivity contribution >= 4 is 33.3 Å². The van der Waals surface area contributed by atoms with Gasteiger partial charge >= 0.3 is 12.1 Å². The van der Waals surface area contributed by atoms with Gasteiger partial charge in [0.15, 0.2) is 0 Å². The molecule has 0 amide bonds. The molecule has 0 aliphatic carbocycles. The number of hydroxylamine groups is 1. The number of alkyl halides is 3. The van der Waals surface area contributed by atoms with Crippen LogP contribution in [0.25, 0.3) is 5.70 Å². The summed E-state index contributed by atoms with van der Waals surface area (Å²) in [5, 5.41) is 1.55. The minimum Gasteiger partial charge on any atom is -0.460 e. The molecule has 0 saturated carbocycles. The summed E-state index contributed by atoms with van der Waals surface area (Å²) in [7, 11) is 0. The average Bonchev–Trinajstić information content (AvgIpc) is 2.96. The van der Waals surface area contributed by atoms with Gasteiger partial charge in [0.05, 0.1) is 23.4 Å². The van der Waals surface area contributed by atoms with Crippen LogP contribution in [0, 0.1) is 0 Å². The Hall–Kier alpha value is -2.32. The molecule has 2 aromatic carbocycles. The van der Waals surface area contributed by atoms with Crippen LogP contribution < -0.4 is 5.06 Å². The van der Waals surface area contributed by atoms with E-state index in [9.17, 15) is 18.0 Å². The van der Waals surface area contributed by atoms with E-state index in [1.54, 1.807) is 32.8 Å². The third-order valence-electron chi connectivity index (χ3n) is 4.56. The second-order valence-corrected chi connectivity index (χ2v) is 9.15. The third kappa shape index (κ3) is 5.68. The molecule has 0 aromatic heterocycles. The Morgan fingerprint density at radius 1 is 1.06 bits per heavy atom. The van der Waals surface area contributed by atoms with Crippen molar-refractivity contribution in [2.75, 3.05) is 5.06 Å². The van der Waals surface area contributed by atoms with Crippen LogP contribution in [0.2, 0.25) is 0 Å². The van der Waals surface area contributed by atoms with E-state index in [0.717, 1.165) is 16.6 Å². The van der Waals surface area contributed by atoms with Gasteiger partial charge in [0.25, 0.3) is 0 Å². The zero-order chi connectivity index (χ0) is 23.0. The number of carbonyl (C=O) groups is 1. The maximum atomic E-state index is 13.0. The number of benzene rings is 2. The van der Waals surface area contributed by atoms with Gasteiger partial charge in [-0.25, -0.2) is 5.06 Å². The molecule has 4 nitrogen and oxygen atoms in total. The van der Waals surface area contributed by atoms with Gasteiger partial charge in [-0.05, 0) is 69.7 Å². The highest BCUT2D eigenvalue weighted by Gasteiger charge is 2.35. The van der Waals surface area contributed by atoms with Gasteiger partial charge in [0, 0.05) is 10.0 Å². The van der Waals surface area contributed by atoms with Crippen LogP contribution in [-0.2, 0) is 20.5 Å². The SMILES string of the molecule is C[C@H]1ON(c2ccc(Br)cc2)C(c2ccc(C(F)(F)F)cc2)=C1CC(=O)OC(C)(C)C. The largest absolute Gasteiger partial charge is 0.460 e. The van der Waals surface area contributed by atoms with Crippen LogP contribution in [0.5, 0.6) is 0 Å². The minimum absolute atomic E-state index is 0.0399. The van der Waals surface area contributed by atoms with E-state index >= 15 is 0 Å². The van der Waals surface area contributed by atoms with Crippen molar-refractivity contribution in [3.8, 4) is 0 Å². The summed E-state index contributed by atoms with van der Waals surface area (Å²) in [6, 6.07) is 12.1. The van der Waals surface area contributed by atoms with Crippen molar-refractivity contribution in [3.63, 3.8) is 0 Å².